The van der Waals surface area contributed by atoms with Crippen molar-refractivity contribution in [3.8, 4) is 0 Å². The number of rotatable bonds is 8. The van der Waals surface area contributed by atoms with Crippen LogP contribution in [0.15, 0.2) is 65.1 Å². The fourth-order valence-corrected chi connectivity index (χ4v) is 2.71. The summed E-state index contributed by atoms with van der Waals surface area (Å²) >= 11 is 0. The van der Waals surface area contributed by atoms with Crippen LogP contribution < -0.4 is 16.4 Å². The van der Waals surface area contributed by atoms with Crippen molar-refractivity contribution in [1.29, 1.82) is 0 Å². The molecule has 1 aliphatic heterocycles. The van der Waals surface area contributed by atoms with Crippen LogP contribution in [0.1, 0.15) is 5.56 Å². The molecule has 160 valence electrons. The van der Waals surface area contributed by atoms with Gasteiger partial charge in [-0.05, 0) is 30.7 Å². The molecule has 1 fully saturated rings. The predicted octanol–water partition coefficient (Wildman–Crippen LogP) is 1.65. The van der Waals surface area contributed by atoms with Gasteiger partial charge in [-0.3, -0.25) is 9.80 Å². The van der Waals surface area contributed by atoms with Crippen LogP contribution in [0.2, 0.25) is 0 Å². The number of nitrogens with two attached hydrogens (primary N) is 2. The van der Waals surface area contributed by atoms with Gasteiger partial charge in [-0.15, -0.1) is 0 Å². The Morgan fingerprint density at radius 2 is 2.03 bits per heavy atom. The highest BCUT2D eigenvalue weighted by molar-refractivity contribution is 6.02. The summed E-state index contributed by atoms with van der Waals surface area (Å²) in [6.45, 7) is 10.5. The molecule has 0 atom stereocenters. The van der Waals surface area contributed by atoms with E-state index in [0.29, 0.717) is 30.2 Å². The molecule has 1 heterocycles. The number of ether oxygens (including phenoxy) is 1. The molecule has 0 radical (unpaired) electrons. The highest BCUT2D eigenvalue weighted by Crippen LogP contribution is 2.26. The lowest BCUT2D eigenvalue weighted by Gasteiger charge is -2.27. The molecule has 0 saturated carbocycles. The molecule has 9 nitrogen and oxygen atoms in total. The molecular formula is C21H29N7O2. The fraction of sp³-hybridized carbons (Fsp3) is 0.286. The standard InChI is InChI=1S/C21H29N7O2/c1-6-17(21(23)26(4)14-24-27(5)7-2)20(22)25-18-9-8-16(12-15(18)3)28-10-11-30-13-19(28)29/h6-9,12,14H,1-2,10-11,13,23H2,3-5H3,(H2,22,25)/b21-17+,24-14-. The van der Waals surface area contributed by atoms with E-state index < -0.39 is 0 Å². The van der Waals surface area contributed by atoms with E-state index in [9.17, 15) is 4.79 Å². The summed E-state index contributed by atoms with van der Waals surface area (Å²) in [5.41, 5.74) is 15.3. The normalized spacial score (nSPS) is 15.8. The van der Waals surface area contributed by atoms with E-state index in [2.05, 4.69) is 23.3 Å². The maximum Gasteiger partial charge on any atom is 0.253 e. The lowest BCUT2D eigenvalue weighted by atomic mass is 10.1. The van der Waals surface area contributed by atoms with Crippen LogP contribution in [0.4, 0.5) is 11.4 Å². The Hall–Kier alpha value is -3.59. The summed E-state index contributed by atoms with van der Waals surface area (Å²) in [4.78, 5) is 19.9. The van der Waals surface area contributed by atoms with Gasteiger partial charge in [-0.2, -0.15) is 5.10 Å². The van der Waals surface area contributed by atoms with Gasteiger partial charge in [0.25, 0.3) is 5.91 Å². The number of hydrogen-bond acceptors (Lipinski definition) is 6. The molecule has 2 rings (SSSR count). The first kappa shape index (κ1) is 22.7. The number of nitrogens with zero attached hydrogens (tertiary/aromatic N) is 5. The molecule has 1 aromatic rings. The van der Waals surface area contributed by atoms with Gasteiger partial charge in [0.2, 0.25) is 0 Å². The van der Waals surface area contributed by atoms with Gasteiger partial charge in [0.15, 0.2) is 0 Å². The number of aryl methyl sites for hydroxylation is 1. The van der Waals surface area contributed by atoms with Crippen molar-refractivity contribution in [1.82, 2.24) is 9.91 Å². The molecule has 1 amide bonds. The van der Waals surface area contributed by atoms with Crippen LogP contribution in [0, 0.1) is 6.92 Å². The number of carbonyl (C=O) groups is 1. The lowest BCUT2D eigenvalue weighted by molar-refractivity contribution is -0.125. The lowest BCUT2D eigenvalue weighted by Crippen LogP contribution is -2.41. The van der Waals surface area contributed by atoms with E-state index in [-0.39, 0.29) is 18.3 Å². The Bertz CT molecular complexity index is 905. The molecule has 1 saturated heterocycles. The number of amides is 1. The minimum absolute atomic E-state index is 0.0622. The van der Waals surface area contributed by atoms with Crippen LogP contribution in [-0.2, 0) is 9.53 Å². The molecule has 1 aromatic carbocycles. The number of hydrogen-bond donors (Lipinski definition) is 2. The topological polar surface area (TPSA) is 113 Å². The quantitative estimate of drug-likeness (QED) is 0.291. The second kappa shape index (κ2) is 10.3. The molecule has 0 bridgehead atoms. The minimum Gasteiger partial charge on any atom is -0.384 e. The highest BCUT2D eigenvalue weighted by Gasteiger charge is 2.20. The molecule has 0 aliphatic carbocycles. The first-order valence-electron chi connectivity index (χ1n) is 9.36. The molecule has 0 unspecified atom stereocenters. The van der Waals surface area contributed by atoms with E-state index in [4.69, 9.17) is 16.2 Å². The van der Waals surface area contributed by atoms with Gasteiger partial charge < -0.3 is 26.0 Å². The largest absolute Gasteiger partial charge is 0.384 e. The molecule has 9 heteroatoms. The molecule has 0 spiro atoms. The van der Waals surface area contributed by atoms with E-state index in [1.54, 1.807) is 41.2 Å². The second-order valence-electron chi connectivity index (χ2n) is 6.67. The summed E-state index contributed by atoms with van der Waals surface area (Å²) in [6, 6.07) is 5.56. The van der Waals surface area contributed by atoms with E-state index in [1.807, 2.05) is 25.1 Å². The summed E-state index contributed by atoms with van der Waals surface area (Å²) in [7, 11) is 3.49. The SMILES string of the molecule is C=C/C(C(N)=Nc1ccc(N2CCOCC2=O)cc1C)=C(/N)N(C)/C=N\N(C)C=C. The van der Waals surface area contributed by atoms with Gasteiger partial charge in [0.1, 0.15) is 24.6 Å². The van der Waals surface area contributed by atoms with Gasteiger partial charge in [0, 0.05) is 32.5 Å². The average Bonchev–Trinajstić information content (AvgIpc) is 2.73. The number of amidine groups is 1. The summed E-state index contributed by atoms with van der Waals surface area (Å²) < 4.78 is 5.18. The molecule has 1 aliphatic rings. The molecule has 4 N–H and O–H groups in total. The van der Waals surface area contributed by atoms with Crippen molar-refractivity contribution >= 4 is 29.5 Å². The third kappa shape index (κ3) is 5.48. The van der Waals surface area contributed by atoms with Crippen molar-refractivity contribution in [2.75, 3.05) is 38.8 Å². The molecule has 30 heavy (non-hydrogen) atoms. The first-order valence-corrected chi connectivity index (χ1v) is 9.36. The monoisotopic (exact) mass is 411 g/mol. The minimum atomic E-state index is -0.0622. The number of hydrazone groups is 1. The third-order valence-electron chi connectivity index (χ3n) is 4.53. The van der Waals surface area contributed by atoms with Crippen molar-refractivity contribution in [2.45, 2.75) is 6.92 Å². The van der Waals surface area contributed by atoms with Crippen molar-refractivity contribution in [3.63, 3.8) is 0 Å². The fourth-order valence-electron chi connectivity index (χ4n) is 2.71. The van der Waals surface area contributed by atoms with Gasteiger partial charge in [0.05, 0.1) is 17.9 Å². The van der Waals surface area contributed by atoms with Crippen LogP contribution in [-0.4, -0.2) is 61.8 Å². The number of aliphatic imine (C=N–C) groups is 1. The molecular weight excluding hydrogens is 382 g/mol. The smallest absolute Gasteiger partial charge is 0.253 e. The Kier molecular flexibility index (Phi) is 7.76. The number of carbonyl (C=O) groups excluding carboxylic acids is 1. The maximum absolute atomic E-state index is 12.0. The zero-order chi connectivity index (χ0) is 22.3. The van der Waals surface area contributed by atoms with Crippen LogP contribution in [0.3, 0.4) is 0 Å². The van der Waals surface area contributed by atoms with E-state index in [0.717, 1.165) is 11.3 Å². The van der Waals surface area contributed by atoms with E-state index >= 15 is 0 Å². The second-order valence-corrected chi connectivity index (χ2v) is 6.67. The van der Waals surface area contributed by atoms with Crippen LogP contribution in [0.5, 0.6) is 0 Å². The van der Waals surface area contributed by atoms with Crippen LogP contribution >= 0.6 is 0 Å². The first-order chi connectivity index (χ1) is 14.3. The number of anilines is 1. The number of morpholine rings is 1. The molecule has 0 aromatic heterocycles. The summed E-state index contributed by atoms with van der Waals surface area (Å²) in [6.07, 6.45) is 4.64. The van der Waals surface area contributed by atoms with Crippen molar-refractivity contribution < 1.29 is 9.53 Å². The maximum atomic E-state index is 12.0. The average molecular weight is 412 g/mol. The Morgan fingerprint density at radius 3 is 2.63 bits per heavy atom. The third-order valence-corrected chi connectivity index (χ3v) is 4.53. The zero-order valence-corrected chi connectivity index (χ0v) is 17.7. The number of benzene rings is 1. The van der Waals surface area contributed by atoms with Crippen molar-refractivity contribution in [3.05, 3.63) is 60.6 Å². The zero-order valence-electron chi connectivity index (χ0n) is 17.7. The summed E-state index contributed by atoms with van der Waals surface area (Å²) in [5, 5.41) is 5.68. The van der Waals surface area contributed by atoms with Gasteiger partial charge in [-0.1, -0.05) is 19.2 Å². The van der Waals surface area contributed by atoms with Gasteiger partial charge >= 0.3 is 0 Å². The Labute approximate surface area is 177 Å². The van der Waals surface area contributed by atoms with E-state index in [1.165, 1.54) is 6.34 Å². The Morgan fingerprint density at radius 1 is 1.30 bits per heavy atom. The van der Waals surface area contributed by atoms with Gasteiger partial charge in [-0.25, -0.2) is 4.99 Å². The predicted molar refractivity (Wildman–Crippen MR) is 121 cm³/mol. The summed E-state index contributed by atoms with van der Waals surface area (Å²) in [5.74, 6) is 0.506. The highest BCUT2D eigenvalue weighted by atomic mass is 16.5. The van der Waals surface area contributed by atoms with Crippen molar-refractivity contribution in [2.24, 2.45) is 21.6 Å². The Balaban J connectivity index is 2.29. The van der Waals surface area contributed by atoms with Crippen LogP contribution in [0.25, 0.3) is 0 Å².